The van der Waals surface area contributed by atoms with E-state index in [0.717, 1.165) is 63.0 Å². The Kier molecular flexibility index (Phi) is 6.80. The summed E-state index contributed by atoms with van der Waals surface area (Å²) < 4.78 is 7.78. The van der Waals surface area contributed by atoms with E-state index in [0.29, 0.717) is 6.61 Å². The monoisotopic (exact) mass is 405 g/mol. The van der Waals surface area contributed by atoms with Crippen LogP contribution in [0.2, 0.25) is 0 Å². The number of benzene rings is 2. The van der Waals surface area contributed by atoms with Crippen LogP contribution in [-0.2, 0) is 22.5 Å². The average Bonchev–Trinajstić information content (AvgIpc) is 3.41. The molecule has 30 heavy (non-hydrogen) atoms. The third-order valence-corrected chi connectivity index (χ3v) is 5.92. The Balaban J connectivity index is 1.33. The first-order valence-electron chi connectivity index (χ1n) is 11.1. The van der Waals surface area contributed by atoms with Crippen LogP contribution in [0.25, 0.3) is 11.0 Å². The number of aromatic nitrogens is 2. The van der Waals surface area contributed by atoms with Gasteiger partial charge in [-0.1, -0.05) is 42.8 Å². The molecule has 4 rings (SSSR count). The molecule has 1 atom stereocenters. The molecule has 3 aromatic rings. The van der Waals surface area contributed by atoms with E-state index >= 15 is 0 Å². The number of carbonyl (C=O) groups excluding carboxylic acids is 1. The van der Waals surface area contributed by atoms with E-state index in [-0.39, 0.29) is 12.0 Å². The minimum atomic E-state index is -0.230. The molecule has 0 bridgehead atoms. The van der Waals surface area contributed by atoms with Gasteiger partial charge in [0.15, 0.2) is 0 Å². The van der Waals surface area contributed by atoms with Crippen molar-refractivity contribution in [2.24, 2.45) is 0 Å². The molecule has 1 aliphatic heterocycles. The van der Waals surface area contributed by atoms with Gasteiger partial charge in [0, 0.05) is 26.1 Å². The summed E-state index contributed by atoms with van der Waals surface area (Å²) in [6, 6.07) is 16.9. The molecule has 0 saturated carbocycles. The Bertz CT molecular complexity index is 989. The number of imidazole rings is 1. The highest BCUT2D eigenvalue weighted by atomic mass is 16.5. The summed E-state index contributed by atoms with van der Waals surface area (Å²) in [5, 5.41) is 3.01. The van der Waals surface area contributed by atoms with Crippen LogP contribution < -0.4 is 5.32 Å². The topological polar surface area (TPSA) is 56.2 Å². The second kappa shape index (κ2) is 9.90. The van der Waals surface area contributed by atoms with Crippen molar-refractivity contribution in [2.45, 2.75) is 58.1 Å². The lowest BCUT2D eigenvalue weighted by atomic mass is 10.1. The molecule has 0 spiro atoms. The molecule has 1 aliphatic rings. The number of rotatable bonds is 9. The molecule has 158 valence electrons. The van der Waals surface area contributed by atoms with Gasteiger partial charge in [0.2, 0.25) is 5.91 Å². The maximum Gasteiger partial charge on any atom is 0.249 e. The smallest absolute Gasteiger partial charge is 0.249 e. The highest BCUT2D eigenvalue weighted by Gasteiger charge is 2.22. The summed E-state index contributed by atoms with van der Waals surface area (Å²) >= 11 is 0. The SMILES string of the molecule is Cc1ccccc1Cn1c(CCCCCNC(=O)C2CCCO2)nc2ccccc21. The van der Waals surface area contributed by atoms with Crippen LogP contribution in [0.5, 0.6) is 0 Å². The fourth-order valence-corrected chi connectivity index (χ4v) is 4.15. The summed E-state index contributed by atoms with van der Waals surface area (Å²) in [6.07, 6.45) is 5.67. The quantitative estimate of drug-likeness (QED) is 0.537. The van der Waals surface area contributed by atoms with Gasteiger partial charge in [0.05, 0.1) is 11.0 Å². The zero-order chi connectivity index (χ0) is 20.8. The normalized spacial score (nSPS) is 16.2. The second-order valence-corrected chi connectivity index (χ2v) is 8.13. The number of carbonyl (C=O) groups is 1. The van der Waals surface area contributed by atoms with E-state index in [4.69, 9.17) is 9.72 Å². The van der Waals surface area contributed by atoms with Gasteiger partial charge in [-0.05, 0) is 55.9 Å². The third kappa shape index (κ3) is 4.90. The molecule has 2 heterocycles. The van der Waals surface area contributed by atoms with E-state index in [1.54, 1.807) is 0 Å². The lowest BCUT2D eigenvalue weighted by Gasteiger charge is -2.12. The molecular formula is C25H31N3O2. The van der Waals surface area contributed by atoms with Crippen LogP contribution in [-0.4, -0.2) is 34.7 Å². The molecule has 1 N–H and O–H groups in total. The molecule has 1 fully saturated rings. The van der Waals surface area contributed by atoms with E-state index in [1.165, 1.54) is 16.6 Å². The molecule has 1 aromatic heterocycles. The number of ether oxygens (including phenoxy) is 1. The van der Waals surface area contributed by atoms with Crippen molar-refractivity contribution in [3.05, 3.63) is 65.5 Å². The Morgan fingerprint density at radius 2 is 1.97 bits per heavy atom. The minimum Gasteiger partial charge on any atom is -0.368 e. The molecular weight excluding hydrogens is 374 g/mol. The van der Waals surface area contributed by atoms with Crippen molar-refractivity contribution in [1.29, 1.82) is 0 Å². The van der Waals surface area contributed by atoms with E-state index < -0.39 is 0 Å². The maximum absolute atomic E-state index is 12.0. The largest absolute Gasteiger partial charge is 0.368 e. The van der Waals surface area contributed by atoms with Crippen molar-refractivity contribution < 1.29 is 9.53 Å². The lowest BCUT2D eigenvalue weighted by Crippen LogP contribution is -2.34. The summed E-state index contributed by atoms with van der Waals surface area (Å²) in [4.78, 5) is 16.9. The van der Waals surface area contributed by atoms with Gasteiger partial charge in [-0.3, -0.25) is 4.79 Å². The molecule has 5 nitrogen and oxygen atoms in total. The number of aryl methyl sites for hydroxylation is 2. The van der Waals surface area contributed by atoms with Crippen molar-refractivity contribution >= 4 is 16.9 Å². The molecule has 0 radical (unpaired) electrons. The van der Waals surface area contributed by atoms with E-state index in [2.05, 4.69) is 59.3 Å². The van der Waals surface area contributed by atoms with Crippen molar-refractivity contribution in [2.75, 3.05) is 13.2 Å². The van der Waals surface area contributed by atoms with E-state index in [1.807, 2.05) is 6.07 Å². The number of fused-ring (bicyclic) bond motifs is 1. The molecule has 2 aromatic carbocycles. The summed E-state index contributed by atoms with van der Waals surface area (Å²) in [5.41, 5.74) is 4.89. The van der Waals surface area contributed by atoms with Crippen LogP contribution in [0.4, 0.5) is 0 Å². The van der Waals surface area contributed by atoms with Gasteiger partial charge in [-0.25, -0.2) is 4.98 Å². The molecule has 0 aliphatic carbocycles. The number of para-hydroxylation sites is 2. The Morgan fingerprint density at radius 1 is 1.13 bits per heavy atom. The molecule has 1 saturated heterocycles. The predicted molar refractivity (Wildman–Crippen MR) is 120 cm³/mol. The van der Waals surface area contributed by atoms with Crippen LogP contribution >= 0.6 is 0 Å². The average molecular weight is 406 g/mol. The fourth-order valence-electron chi connectivity index (χ4n) is 4.15. The number of hydrogen-bond acceptors (Lipinski definition) is 3. The second-order valence-electron chi connectivity index (χ2n) is 8.13. The number of amides is 1. The Hall–Kier alpha value is -2.66. The maximum atomic E-state index is 12.0. The first kappa shape index (κ1) is 20.6. The lowest BCUT2D eigenvalue weighted by molar-refractivity contribution is -0.130. The number of nitrogens with one attached hydrogen (secondary N) is 1. The van der Waals surface area contributed by atoms with Gasteiger partial charge < -0.3 is 14.6 Å². The van der Waals surface area contributed by atoms with Gasteiger partial charge in [-0.2, -0.15) is 0 Å². The standard InChI is InChI=1S/C25H31N3O2/c1-19-10-4-5-11-20(19)18-28-22-13-7-6-12-21(22)27-24(28)15-3-2-8-16-26-25(29)23-14-9-17-30-23/h4-7,10-13,23H,2-3,8-9,14-18H2,1H3,(H,26,29). The number of nitrogens with zero attached hydrogens (tertiary/aromatic N) is 2. The van der Waals surface area contributed by atoms with Crippen molar-refractivity contribution in [3.8, 4) is 0 Å². The van der Waals surface area contributed by atoms with Crippen LogP contribution in [0.15, 0.2) is 48.5 Å². The zero-order valence-electron chi connectivity index (χ0n) is 17.8. The first-order chi connectivity index (χ1) is 14.7. The summed E-state index contributed by atoms with van der Waals surface area (Å²) in [5.74, 6) is 1.19. The zero-order valence-corrected chi connectivity index (χ0v) is 17.8. The van der Waals surface area contributed by atoms with Crippen LogP contribution in [0, 0.1) is 6.92 Å². The van der Waals surface area contributed by atoms with Crippen molar-refractivity contribution in [3.63, 3.8) is 0 Å². The van der Waals surface area contributed by atoms with Crippen molar-refractivity contribution in [1.82, 2.24) is 14.9 Å². The Labute approximate surface area is 178 Å². The molecule has 5 heteroatoms. The molecule has 1 unspecified atom stereocenters. The number of unbranched alkanes of at least 4 members (excludes halogenated alkanes) is 2. The summed E-state index contributed by atoms with van der Waals surface area (Å²) in [6.45, 7) is 4.44. The first-order valence-corrected chi connectivity index (χ1v) is 11.1. The van der Waals surface area contributed by atoms with Gasteiger partial charge in [-0.15, -0.1) is 0 Å². The highest BCUT2D eigenvalue weighted by molar-refractivity contribution is 5.80. The minimum absolute atomic E-state index is 0.0486. The van der Waals surface area contributed by atoms with Crippen LogP contribution in [0.3, 0.4) is 0 Å². The van der Waals surface area contributed by atoms with Gasteiger partial charge in [0.1, 0.15) is 11.9 Å². The van der Waals surface area contributed by atoms with Gasteiger partial charge >= 0.3 is 0 Å². The summed E-state index contributed by atoms with van der Waals surface area (Å²) in [7, 11) is 0. The fraction of sp³-hybridized carbons (Fsp3) is 0.440. The predicted octanol–water partition coefficient (Wildman–Crippen LogP) is 4.40. The van der Waals surface area contributed by atoms with E-state index in [9.17, 15) is 4.79 Å². The highest BCUT2D eigenvalue weighted by Crippen LogP contribution is 2.21. The van der Waals surface area contributed by atoms with Crippen LogP contribution in [0.1, 0.15) is 49.1 Å². The number of hydrogen-bond donors (Lipinski definition) is 1. The Morgan fingerprint density at radius 3 is 2.80 bits per heavy atom. The third-order valence-electron chi connectivity index (χ3n) is 5.92. The molecule has 1 amide bonds. The van der Waals surface area contributed by atoms with Gasteiger partial charge in [0.25, 0.3) is 0 Å².